The van der Waals surface area contributed by atoms with Gasteiger partial charge in [-0.25, -0.2) is 0 Å². The van der Waals surface area contributed by atoms with Crippen molar-refractivity contribution in [3.8, 4) is 6.07 Å². The maximum absolute atomic E-state index is 13.2. The second-order valence-electron chi connectivity index (χ2n) is 7.40. The van der Waals surface area contributed by atoms with Gasteiger partial charge < -0.3 is 10.6 Å². The van der Waals surface area contributed by atoms with Crippen LogP contribution < -0.4 is 5.73 Å². The number of nitrogens with two attached hydrogens (primary N) is 1. The lowest BCUT2D eigenvalue weighted by Gasteiger charge is -2.38. The average Bonchev–Trinajstić information content (AvgIpc) is 3.03. The third-order valence-corrected chi connectivity index (χ3v) is 6.21. The Morgan fingerprint density at radius 2 is 1.96 bits per heavy atom. The Morgan fingerprint density at radius 1 is 1.26 bits per heavy atom. The normalized spacial score (nSPS) is 32.2. The van der Waals surface area contributed by atoms with Gasteiger partial charge in [-0.2, -0.15) is 5.26 Å². The van der Waals surface area contributed by atoms with Crippen molar-refractivity contribution in [2.45, 2.75) is 62.1 Å². The van der Waals surface area contributed by atoms with Crippen molar-refractivity contribution in [3.05, 3.63) is 35.9 Å². The number of nitrogens with zero attached hydrogens (tertiary/aromatic N) is 2. The minimum atomic E-state index is -0.539. The Kier molecular flexibility index (Phi) is 3.42. The number of piperidine rings is 1. The molecule has 2 unspecified atom stereocenters. The molecule has 1 amide bonds. The fourth-order valence-corrected chi connectivity index (χ4v) is 4.84. The van der Waals surface area contributed by atoms with Gasteiger partial charge in [-0.1, -0.05) is 43.2 Å². The molecular formula is C19H23N3O. The maximum Gasteiger partial charge on any atom is 0.241 e. The van der Waals surface area contributed by atoms with E-state index in [1.807, 2.05) is 23.1 Å². The number of hydrogen-bond donors (Lipinski definition) is 1. The fraction of sp³-hybridized carbons (Fsp3) is 0.579. The van der Waals surface area contributed by atoms with Crippen molar-refractivity contribution in [3.63, 3.8) is 0 Å². The zero-order chi connectivity index (χ0) is 16.0. The lowest BCUT2D eigenvalue weighted by molar-refractivity contribution is -0.135. The minimum absolute atomic E-state index is 0.00713. The first-order valence-electron chi connectivity index (χ1n) is 8.70. The maximum atomic E-state index is 13.2. The first-order valence-corrected chi connectivity index (χ1v) is 8.70. The molecule has 120 valence electrons. The molecule has 1 heterocycles. The number of amides is 1. The number of likely N-dealkylation sites (tertiary alicyclic amines) is 1. The van der Waals surface area contributed by atoms with E-state index < -0.39 is 6.04 Å². The molecule has 1 aromatic rings. The zero-order valence-corrected chi connectivity index (χ0v) is 13.3. The van der Waals surface area contributed by atoms with Crippen LogP contribution in [-0.2, 0) is 10.2 Å². The molecule has 4 atom stereocenters. The molecule has 23 heavy (non-hydrogen) atoms. The lowest BCUT2D eigenvalue weighted by Crippen LogP contribution is -2.56. The number of rotatable bonds is 3. The topological polar surface area (TPSA) is 70.1 Å². The van der Waals surface area contributed by atoms with E-state index in [-0.39, 0.29) is 23.4 Å². The van der Waals surface area contributed by atoms with Crippen molar-refractivity contribution >= 4 is 5.91 Å². The Hall–Kier alpha value is -1.86. The van der Waals surface area contributed by atoms with Crippen LogP contribution in [0, 0.1) is 17.2 Å². The van der Waals surface area contributed by atoms with Gasteiger partial charge in [0.2, 0.25) is 5.91 Å². The van der Waals surface area contributed by atoms with Crippen LogP contribution in [-0.4, -0.2) is 28.9 Å². The van der Waals surface area contributed by atoms with Crippen LogP contribution in [0.25, 0.3) is 0 Å². The van der Waals surface area contributed by atoms with Crippen LogP contribution >= 0.6 is 0 Å². The van der Waals surface area contributed by atoms with E-state index in [1.54, 1.807) is 0 Å². The number of benzene rings is 1. The molecule has 1 aromatic carbocycles. The molecule has 2 saturated carbocycles. The van der Waals surface area contributed by atoms with Crippen LogP contribution in [0.2, 0.25) is 0 Å². The molecule has 2 aliphatic carbocycles. The molecule has 0 bridgehead atoms. The molecule has 0 aromatic heterocycles. The Bertz CT molecular complexity index is 644. The number of hydrogen-bond acceptors (Lipinski definition) is 3. The molecule has 3 fully saturated rings. The second kappa shape index (κ2) is 5.35. The van der Waals surface area contributed by atoms with Crippen molar-refractivity contribution in [1.82, 2.24) is 4.90 Å². The van der Waals surface area contributed by atoms with Crippen molar-refractivity contribution in [2.24, 2.45) is 11.7 Å². The standard InChI is InChI=1S/C19H23N3O/c20-12-15-10-13-11-16(13)22(15)18(23)17(21)19(8-4-5-9-19)14-6-2-1-3-7-14/h1-3,6-7,13,15-17H,4-5,8-11,21H2/t13-,15+,16?,17?/m1/s1. The minimum Gasteiger partial charge on any atom is -0.322 e. The van der Waals surface area contributed by atoms with E-state index in [9.17, 15) is 10.1 Å². The van der Waals surface area contributed by atoms with E-state index in [0.29, 0.717) is 5.92 Å². The summed E-state index contributed by atoms with van der Waals surface area (Å²) in [6.45, 7) is 0. The summed E-state index contributed by atoms with van der Waals surface area (Å²) in [5.74, 6) is 0.527. The van der Waals surface area contributed by atoms with Crippen LogP contribution in [0.3, 0.4) is 0 Å². The van der Waals surface area contributed by atoms with Crippen molar-refractivity contribution in [1.29, 1.82) is 5.26 Å². The molecule has 4 rings (SSSR count). The highest BCUT2D eigenvalue weighted by atomic mass is 16.2. The van der Waals surface area contributed by atoms with Crippen LogP contribution in [0.15, 0.2) is 30.3 Å². The smallest absolute Gasteiger partial charge is 0.241 e. The second-order valence-corrected chi connectivity index (χ2v) is 7.40. The van der Waals surface area contributed by atoms with Gasteiger partial charge in [-0.05, 0) is 37.2 Å². The molecule has 4 heteroatoms. The SMILES string of the molecule is N#C[C@@H]1C[C@@H]2CC2N1C(=O)C(N)C1(c2ccccc2)CCCC1. The van der Waals surface area contributed by atoms with Gasteiger partial charge >= 0.3 is 0 Å². The highest BCUT2D eigenvalue weighted by Crippen LogP contribution is 2.50. The third kappa shape index (κ3) is 2.18. The highest BCUT2D eigenvalue weighted by Gasteiger charge is 2.57. The van der Waals surface area contributed by atoms with Crippen LogP contribution in [0.4, 0.5) is 0 Å². The number of fused-ring (bicyclic) bond motifs is 1. The van der Waals surface area contributed by atoms with E-state index >= 15 is 0 Å². The van der Waals surface area contributed by atoms with E-state index in [1.165, 1.54) is 5.56 Å². The van der Waals surface area contributed by atoms with Gasteiger partial charge in [-0.3, -0.25) is 4.79 Å². The Morgan fingerprint density at radius 3 is 2.61 bits per heavy atom. The molecule has 2 N–H and O–H groups in total. The van der Waals surface area contributed by atoms with E-state index in [4.69, 9.17) is 5.73 Å². The highest BCUT2D eigenvalue weighted by molar-refractivity contribution is 5.85. The fourth-order valence-electron chi connectivity index (χ4n) is 4.84. The molecule has 0 spiro atoms. The molecule has 4 nitrogen and oxygen atoms in total. The zero-order valence-electron chi connectivity index (χ0n) is 13.3. The van der Waals surface area contributed by atoms with Crippen LogP contribution in [0.1, 0.15) is 44.1 Å². The third-order valence-electron chi connectivity index (χ3n) is 6.21. The first-order chi connectivity index (χ1) is 11.2. The summed E-state index contributed by atoms with van der Waals surface area (Å²) < 4.78 is 0. The molecule has 1 aliphatic heterocycles. The summed E-state index contributed by atoms with van der Waals surface area (Å²) in [6.07, 6.45) is 6.03. The number of carbonyl (C=O) groups is 1. The number of nitriles is 1. The lowest BCUT2D eigenvalue weighted by atomic mass is 9.72. The predicted octanol–water partition coefficient (Wildman–Crippen LogP) is 2.34. The quantitative estimate of drug-likeness (QED) is 0.931. The van der Waals surface area contributed by atoms with Gasteiger partial charge in [0.15, 0.2) is 0 Å². The van der Waals surface area contributed by atoms with Gasteiger partial charge in [0.1, 0.15) is 6.04 Å². The first kappa shape index (κ1) is 14.7. The average molecular weight is 309 g/mol. The summed E-state index contributed by atoms with van der Waals surface area (Å²) in [5, 5.41) is 9.37. The van der Waals surface area contributed by atoms with E-state index in [2.05, 4.69) is 18.2 Å². The van der Waals surface area contributed by atoms with Crippen LogP contribution in [0.5, 0.6) is 0 Å². The van der Waals surface area contributed by atoms with Gasteiger partial charge in [-0.15, -0.1) is 0 Å². The number of carbonyl (C=O) groups excluding carboxylic acids is 1. The van der Waals surface area contributed by atoms with E-state index in [0.717, 1.165) is 38.5 Å². The van der Waals surface area contributed by atoms with Crippen molar-refractivity contribution in [2.75, 3.05) is 0 Å². The summed E-state index contributed by atoms with van der Waals surface area (Å²) in [6, 6.07) is 12.0. The van der Waals surface area contributed by atoms with Crippen molar-refractivity contribution < 1.29 is 4.79 Å². The molecular weight excluding hydrogens is 286 g/mol. The summed E-state index contributed by atoms with van der Waals surface area (Å²) in [7, 11) is 0. The summed E-state index contributed by atoms with van der Waals surface area (Å²) >= 11 is 0. The Balaban J connectivity index is 1.65. The van der Waals surface area contributed by atoms with Gasteiger partial charge in [0, 0.05) is 11.5 Å². The predicted molar refractivity (Wildman–Crippen MR) is 87.3 cm³/mol. The molecule has 3 aliphatic rings. The van der Waals surface area contributed by atoms with Gasteiger partial charge in [0.05, 0.1) is 12.1 Å². The summed E-state index contributed by atoms with van der Waals surface area (Å²) in [5.41, 5.74) is 7.49. The molecule has 0 radical (unpaired) electrons. The molecule has 1 saturated heterocycles. The van der Waals surface area contributed by atoms with Gasteiger partial charge in [0.25, 0.3) is 0 Å². The largest absolute Gasteiger partial charge is 0.322 e. The monoisotopic (exact) mass is 309 g/mol. The Labute approximate surface area is 137 Å². The summed E-state index contributed by atoms with van der Waals surface area (Å²) in [4.78, 5) is 15.0.